The van der Waals surface area contributed by atoms with E-state index >= 15 is 0 Å². The van der Waals surface area contributed by atoms with Gasteiger partial charge in [0, 0.05) is 33.4 Å². The Kier molecular flexibility index (Phi) is 3.89. The molecule has 6 heteroatoms. The van der Waals surface area contributed by atoms with Crippen LogP contribution in [0.15, 0.2) is 23.2 Å². The van der Waals surface area contributed by atoms with Crippen molar-refractivity contribution in [3.05, 3.63) is 24.5 Å². The lowest BCUT2D eigenvalue weighted by molar-refractivity contribution is 0.199. The van der Waals surface area contributed by atoms with E-state index < -0.39 is 0 Å². The minimum absolute atomic E-state index is 0.657. The average Bonchev–Trinajstić information content (AvgIpc) is 2.93. The van der Waals surface area contributed by atoms with Crippen molar-refractivity contribution in [2.75, 3.05) is 20.3 Å². The van der Waals surface area contributed by atoms with Crippen LogP contribution in [0.5, 0.6) is 0 Å². The van der Waals surface area contributed by atoms with Gasteiger partial charge in [-0.2, -0.15) is 5.10 Å². The van der Waals surface area contributed by atoms with Crippen LogP contribution in [0.3, 0.4) is 0 Å². The van der Waals surface area contributed by atoms with Gasteiger partial charge >= 0.3 is 0 Å². The molecule has 2 aromatic rings. The molecule has 17 heavy (non-hydrogen) atoms. The van der Waals surface area contributed by atoms with Crippen molar-refractivity contribution in [1.29, 1.82) is 0 Å². The molecule has 0 saturated heterocycles. The molecule has 0 aliphatic carbocycles. The summed E-state index contributed by atoms with van der Waals surface area (Å²) in [7, 11) is 3.55. The maximum Gasteiger partial charge on any atom is 0.181 e. The van der Waals surface area contributed by atoms with Crippen molar-refractivity contribution < 1.29 is 9.15 Å². The summed E-state index contributed by atoms with van der Waals surface area (Å²) in [6.45, 7) is 2.13. The number of hydrogen-bond donors (Lipinski definition) is 1. The summed E-state index contributed by atoms with van der Waals surface area (Å²) in [6, 6.07) is 0. The highest BCUT2D eigenvalue weighted by molar-refractivity contribution is 5.57. The summed E-state index contributed by atoms with van der Waals surface area (Å²) in [5.41, 5.74) is 1.82. The fraction of sp³-hybridized carbons (Fsp3) is 0.455. The Morgan fingerprint density at radius 2 is 2.41 bits per heavy atom. The van der Waals surface area contributed by atoms with Crippen molar-refractivity contribution in [3.8, 4) is 11.3 Å². The molecule has 0 radical (unpaired) electrons. The Morgan fingerprint density at radius 3 is 3.12 bits per heavy atom. The van der Waals surface area contributed by atoms with Crippen LogP contribution in [-0.4, -0.2) is 35.0 Å². The molecule has 0 aromatic carbocycles. The van der Waals surface area contributed by atoms with E-state index in [1.165, 1.54) is 6.39 Å². The fourth-order valence-electron chi connectivity index (χ4n) is 1.55. The first kappa shape index (κ1) is 11.8. The van der Waals surface area contributed by atoms with E-state index in [1.807, 2.05) is 13.2 Å². The molecule has 0 saturated carbocycles. The molecule has 0 atom stereocenters. The topological polar surface area (TPSA) is 65.1 Å². The van der Waals surface area contributed by atoms with Crippen LogP contribution in [0, 0.1) is 0 Å². The number of methoxy groups -OCH3 is 1. The molecular formula is C11H16N4O2. The number of aromatic nitrogens is 3. The Hall–Kier alpha value is -1.66. The van der Waals surface area contributed by atoms with Crippen molar-refractivity contribution in [2.24, 2.45) is 7.05 Å². The molecule has 0 fully saturated rings. The fourth-order valence-corrected chi connectivity index (χ4v) is 1.55. The zero-order valence-corrected chi connectivity index (χ0v) is 10.0. The first-order chi connectivity index (χ1) is 8.31. The summed E-state index contributed by atoms with van der Waals surface area (Å²) in [5.74, 6) is 0.767. The highest BCUT2D eigenvalue weighted by atomic mass is 16.5. The number of nitrogens with zero attached hydrogens (tertiary/aromatic N) is 3. The third-order valence-electron chi connectivity index (χ3n) is 2.38. The molecule has 0 aliphatic rings. The van der Waals surface area contributed by atoms with Crippen LogP contribution in [0.2, 0.25) is 0 Å². The van der Waals surface area contributed by atoms with Crippen LogP contribution in [0.25, 0.3) is 11.3 Å². The van der Waals surface area contributed by atoms with Crippen molar-refractivity contribution in [3.63, 3.8) is 0 Å². The van der Waals surface area contributed by atoms with Crippen molar-refractivity contribution >= 4 is 0 Å². The second-order valence-electron chi connectivity index (χ2n) is 3.70. The maximum absolute atomic E-state index is 5.39. The molecule has 92 valence electrons. The van der Waals surface area contributed by atoms with Gasteiger partial charge in [-0.25, -0.2) is 4.98 Å². The van der Waals surface area contributed by atoms with Gasteiger partial charge in [-0.3, -0.25) is 4.68 Å². The normalized spacial score (nSPS) is 10.9. The maximum atomic E-state index is 5.39. The Bertz CT molecular complexity index is 463. The van der Waals surface area contributed by atoms with Crippen molar-refractivity contribution in [2.45, 2.75) is 6.54 Å². The SMILES string of the molecule is COCCNCc1ncoc1-c1cnn(C)c1. The number of nitrogens with one attached hydrogen (secondary N) is 1. The molecule has 2 heterocycles. The van der Waals surface area contributed by atoms with Gasteiger partial charge in [-0.1, -0.05) is 0 Å². The molecular weight excluding hydrogens is 220 g/mol. The van der Waals surface area contributed by atoms with Crippen LogP contribution in [-0.2, 0) is 18.3 Å². The predicted molar refractivity (Wildman–Crippen MR) is 62.3 cm³/mol. The molecule has 6 nitrogen and oxygen atoms in total. The minimum Gasteiger partial charge on any atom is -0.443 e. The van der Waals surface area contributed by atoms with E-state index in [4.69, 9.17) is 9.15 Å². The number of aryl methyl sites for hydroxylation is 1. The standard InChI is InChI=1S/C11H16N4O2/c1-15-7-9(5-14-15)11-10(13-8-17-11)6-12-3-4-16-2/h5,7-8,12H,3-4,6H2,1-2H3. The third kappa shape index (κ3) is 2.92. The molecule has 1 N–H and O–H groups in total. The van der Waals surface area contributed by atoms with Crippen LogP contribution in [0.4, 0.5) is 0 Å². The number of ether oxygens (including phenoxy) is 1. The summed E-state index contributed by atoms with van der Waals surface area (Å²) in [6.07, 6.45) is 5.12. The summed E-state index contributed by atoms with van der Waals surface area (Å²) in [4.78, 5) is 4.19. The van der Waals surface area contributed by atoms with E-state index in [1.54, 1.807) is 18.0 Å². The predicted octanol–water partition coefficient (Wildman–Crippen LogP) is 0.811. The van der Waals surface area contributed by atoms with Crippen LogP contribution >= 0.6 is 0 Å². The van der Waals surface area contributed by atoms with Crippen molar-refractivity contribution in [1.82, 2.24) is 20.1 Å². The third-order valence-corrected chi connectivity index (χ3v) is 2.38. The molecule has 2 rings (SSSR count). The zero-order chi connectivity index (χ0) is 12.1. The minimum atomic E-state index is 0.657. The number of rotatable bonds is 6. The summed E-state index contributed by atoms with van der Waals surface area (Å²) >= 11 is 0. The van der Waals surface area contributed by atoms with Gasteiger partial charge in [-0.15, -0.1) is 0 Å². The first-order valence-corrected chi connectivity index (χ1v) is 5.42. The molecule has 0 unspecified atom stereocenters. The zero-order valence-electron chi connectivity index (χ0n) is 10.0. The smallest absolute Gasteiger partial charge is 0.181 e. The average molecular weight is 236 g/mol. The molecule has 0 aliphatic heterocycles. The lowest BCUT2D eigenvalue weighted by Crippen LogP contribution is -2.19. The van der Waals surface area contributed by atoms with E-state index in [0.29, 0.717) is 13.2 Å². The lowest BCUT2D eigenvalue weighted by Gasteiger charge is -2.02. The Labute approximate surface area is 99.6 Å². The first-order valence-electron chi connectivity index (χ1n) is 5.42. The van der Waals surface area contributed by atoms with Gasteiger partial charge in [-0.05, 0) is 0 Å². The highest BCUT2D eigenvalue weighted by Crippen LogP contribution is 2.21. The second kappa shape index (κ2) is 5.60. The molecule has 2 aromatic heterocycles. The number of oxazole rings is 1. The second-order valence-corrected chi connectivity index (χ2v) is 3.70. The molecule has 0 spiro atoms. The Morgan fingerprint density at radius 1 is 1.53 bits per heavy atom. The number of hydrogen-bond acceptors (Lipinski definition) is 5. The van der Waals surface area contributed by atoms with E-state index in [2.05, 4.69) is 15.4 Å². The van der Waals surface area contributed by atoms with Gasteiger partial charge in [0.15, 0.2) is 12.2 Å². The summed E-state index contributed by atoms with van der Waals surface area (Å²) < 4.78 is 12.1. The van der Waals surface area contributed by atoms with Gasteiger partial charge in [0.1, 0.15) is 5.69 Å². The van der Waals surface area contributed by atoms with E-state index in [9.17, 15) is 0 Å². The highest BCUT2D eigenvalue weighted by Gasteiger charge is 2.11. The van der Waals surface area contributed by atoms with Gasteiger partial charge in [0.2, 0.25) is 0 Å². The van der Waals surface area contributed by atoms with Crippen LogP contribution < -0.4 is 5.32 Å². The van der Waals surface area contributed by atoms with Gasteiger partial charge < -0.3 is 14.5 Å². The van der Waals surface area contributed by atoms with Gasteiger partial charge in [0.05, 0.1) is 18.4 Å². The van der Waals surface area contributed by atoms with E-state index in [0.717, 1.165) is 23.6 Å². The summed E-state index contributed by atoms with van der Waals surface area (Å²) in [5, 5.41) is 7.34. The monoisotopic (exact) mass is 236 g/mol. The van der Waals surface area contributed by atoms with E-state index in [-0.39, 0.29) is 0 Å². The largest absolute Gasteiger partial charge is 0.443 e. The Balaban J connectivity index is 2.02. The van der Waals surface area contributed by atoms with Gasteiger partial charge in [0.25, 0.3) is 0 Å². The molecule has 0 amide bonds. The van der Waals surface area contributed by atoms with Crippen LogP contribution in [0.1, 0.15) is 5.69 Å². The molecule has 0 bridgehead atoms. The lowest BCUT2D eigenvalue weighted by atomic mass is 10.2. The quantitative estimate of drug-likeness (QED) is 0.752.